The molecule has 0 aliphatic heterocycles. The quantitative estimate of drug-likeness (QED) is 0.0903. The third-order valence-electron chi connectivity index (χ3n) is 23.4. The van der Waals surface area contributed by atoms with E-state index in [-0.39, 0.29) is 0 Å². The Labute approximate surface area is 653 Å². The third kappa shape index (κ3) is 10.7. The molecule has 20 aromatic rings. The number of aromatic nitrogens is 4. The van der Waals surface area contributed by atoms with Crippen LogP contribution in [0, 0.1) is 55.4 Å². The van der Waals surface area contributed by atoms with Crippen LogP contribution in [0.25, 0.3) is 98.7 Å². The van der Waals surface area contributed by atoms with E-state index in [2.05, 4.69) is 446 Å². The van der Waals surface area contributed by atoms with Crippen molar-refractivity contribution in [2.45, 2.75) is 55.4 Å². The maximum Gasteiger partial charge on any atom is 0.0578 e. The van der Waals surface area contributed by atoms with Gasteiger partial charge in [0, 0.05) is 124 Å². The van der Waals surface area contributed by atoms with Gasteiger partial charge in [-0.25, -0.2) is 0 Å². The number of aryl methyl sites for hydroxylation is 8. The van der Waals surface area contributed by atoms with Crippen molar-refractivity contribution in [2.24, 2.45) is 0 Å². The van der Waals surface area contributed by atoms with E-state index in [9.17, 15) is 0 Å². The summed E-state index contributed by atoms with van der Waals surface area (Å²) in [5.74, 6) is 0. The van der Waals surface area contributed by atoms with Gasteiger partial charge in [-0.3, -0.25) is 0 Å². The van der Waals surface area contributed by atoms with Crippen molar-refractivity contribution >= 4 is 144 Å². The Morgan fingerprint density at radius 3 is 0.580 bits per heavy atom. The molecule has 0 unspecified atom stereocenters. The van der Waals surface area contributed by atoms with Crippen molar-refractivity contribution < 1.29 is 0 Å². The number of benzene rings is 16. The van der Waals surface area contributed by atoms with E-state index in [1.807, 2.05) is 0 Å². The summed E-state index contributed by atoms with van der Waals surface area (Å²) in [7, 11) is 0. The molecule has 0 saturated heterocycles. The Kier molecular flexibility index (Phi) is 16.2. The van der Waals surface area contributed by atoms with Crippen LogP contribution in [0.4, 0.5) is 68.2 Å². The van der Waals surface area contributed by atoms with Crippen molar-refractivity contribution in [2.75, 3.05) is 19.6 Å². The lowest BCUT2D eigenvalue weighted by molar-refractivity contribution is 1.11. The summed E-state index contributed by atoms with van der Waals surface area (Å²) >= 11 is 0. The van der Waals surface area contributed by atoms with Gasteiger partial charge in [-0.2, -0.15) is 0 Å². The maximum absolute atomic E-state index is 2.59. The summed E-state index contributed by atoms with van der Waals surface area (Å²) in [4.78, 5) is 10.4. The summed E-state index contributed by atoms with van der Waals surface area (Å²) in [6.45, 7) is 18.6. The molecule has 8 heteroatoms. The second kappa shape index (κ2) is 26.9. The molecule has 0 radical (unpaired) electrons. The minimum Gasteiger partial charge on any atom is -0.316 e. The zero-order chi connectivity index (χ0) is 75.6. The van der Waals surface area contributed by atoms with Crippen LogP contribution in [0.1, 0.15) is 44.5 Å². The number of hydrogen-bond acceptors (Lipinski definition) is 4. The fourth-order valence-corrected chi connectivity index (χ4v) is 18.8. The molecule has 0 N–H and O–H groups in total. The van der Waals surface area contributed by atoms with E-state index in [4.69, 9.17) is 0 Å². The fourth-order valence-electron chi connectivity index (χ4n) is 18.8. The minimum absolute atomic E-state index is 1.04. The summed E-state index contributed by atoms with van der Waals surface area (Å²) in [5, 5.41) is 11.5. The monoisotopic (exact) mass is 1440 g/mol. The Morgan fingerprint density at radius 1 is 0.196 bits per heavy atom. The van der Waals surface area contributed by atoms with Gasteiger partial charge in [0.2, 0.25) is 0 Å². The number of hydrogen-bond donors (Lipinski definition) is 0. The average molecular weight is 1440 g/mol. The lowest BCUT2D eigenvalue weighted by atomic mass is 9.88. The first-order chi connectivity index (χ1) is 54.9. The van der Waals surface area contributed by atoms with E-state index in [0.717, 1.165) is 168 Å². The molecule has 0 atom stereocenters. The summed E-state index contributed by atoms with van der Waals surface area (Å²) in [5.41, 5.74) is 31.2. The van der Waals surface area contributed by atoms with Crippen LogP contribution in [0.3, 0.4) is 0 Å². The van der Waals surface area contributed by atoms with Gasteiger partial charge in [-0.1, -0.05) is 170 Å². The van der Waals surface area contributed by atoms with Gasteiger partial charge in [0.05, 0.1) is 67.6 Å². The lowest BCUT2D eigenvalue weighted by Gasteiger charge is -2.36. The van der Waals surface area contributed by atoms with E-state index >= 15 is 0 Å². The number of nitrogens with zero attached hydrogens (tertiary/aromatic N) is 8. The van der Waals surface area contributed by atoms with Crippen LogP contribution in [-0.4, -0.2) is 18.3 Å². The van der Waals surface area contributed by atoms with E-state index < -0.39 is 0 Å². The molecule has 4 aromatic heterocycles. The molecular formula is C104H82N8. The lowest BCUT2D eigenvalue weighted by Crippen LogP contribution is -2.18. The molecule has 0 spiro atoms. The van der Waals surface area contributed by atoms with Crippen LogP contribution in [0.2, 0.25) is 0 Å². The van der Waals surface area contributed by atoms with Crippen LogP contribution in [0.15, 0.2) is 352 Å². The van der Waals surface area contributed by atoms with Crippen LogP contribution in [0.5, 0.6) is 0 Å². The normalized spacial score (nSPS) is 11.8. The van der Waals surface area contributed by atoms with Crippen molar-refractivity contribution in [3.05, 3.63) is 397 Å². The second-order valence-corrected chi connectivity index (χ2v) is 30.1. The highest BCUT2D eigenvalue weighted by molar-refractivity contribution is 6.33. The Bertz CT molecular complexity index is 6160. The first-order valence-corrected chi connectivity index (χ1v) is 38.8. The van der Waals surface area contributed by atoms with Crippen LogP contribution < -0.4 is 19.6 Å². The van der Waals surface area contributed by atoms with Crippen molar-refractivity contribution in [1.82, 2.24) is 18.3 Å². The van der Waals surface area contributed by atoms with E-state index in [0.29, 0.717) is 0 Å². The largest absolute Gasteiger partial charge is 0.316 e. The van der Waals surface area contributed by atoms with Gasteiger partial charge >= 0.3 is 0 Å². The van der Waals surface area contributed by atoms with Gasteiger partial charge < -0.3 is 37.9 Å². The molecule has 0 bridgehead atoms. The molecule has 20 rings (SSSR count). The van der Waals surface area contributed by atoms with Gasteiger partial charge in [0.25, 0.3) is 0 Å². The van der Waals surface area contributed by atoms with Crippen LogP contribution in [-0.2, 0) is 0 Å². The first-order valence-electron chi connectivity index (χ1n) is 38.8. The zero-order valence-corrected chi connectivity index (χ0v) is 64.1. The van der Waals surface area contributed by atoms with Crippen molar-refractivity contribution in [3.8, 4) is 22.7 Å². The van der Waals surface area contributed by atoms with Gasteiger partial charge in [-0.05, 0) is 258 Å². The molecule has 0 aliphatic rings. The van der Waals surface area contributed by atoms with Crippen molar-refractivity contribution in [1.29, 1.82) is 0 Å². The molecule has 0 saturated carbocycles. The topological polar surface area (TPSA) is 32.7 Å². The van der Waals surface area contributed by atoms with Gasteiger partial charge in [0.15, 0.2) is 0 Å². The fraction of sp³-hybridized carbons (Fsp3) is 0.0769. The standard InChI is InChI=1S/C104H82N8/c1-67-61-75-53-57-105(79-33-17-9-18-34-79)101(75)71(5)97(67)109(83-41-25-13-26-42-83)91-65-92(110(84-43-27-14-28-44-84)98-68(2)62-76-54-58-106(102(76)72(98)6)80-35-19-10-20-36-80)88-51-52-90-94(112(86-47-31-16-32-48-86)100-70(4)64-78-56-60-108(104(78)74(100)8)82-39-23-12-24-40-82)66-93(89-50-49-87(91)95(88)96(89)90)111(85-45-29-15-30-46-85)99-69(3)63-77-55-59-107(103(77)73(99)7)81-37-21-11-22-38-81/h9-66H,1-8H3. The van der Waals surface area contributed by atoms with Gasteiger partial charge in [0.1, 0.15) is 0 Å². The van der Waals surface area contributed by atoms with E-state index in [1.165, 1.54) is 43.8 Å². The highest BCUT2D eigenvalue weighted by Crippen LogP contribution is 2.58. The molecular weight excluding hydrogens is 1360 g/mol. The third-order valence-corrected chi connectivity index (χ3v) is 23.4. The molecule has 112 heavy (non-hydrogen) atoms. The molecule has 0 fully saturated rings. The second-order valence-electron chi connectivity index (χ2n) is 30.1. The summed E-state index contributed by atoms with van der Waals surface area (Å²) in [6.07, 6.45) is 8.95. The van der Waals surface area contributed by atoms with Crippen LogP contribution >= 0.6 is 0 Å². The molecule has 16 aromatic carbocycles. The molecule has 4 heterocycles. The number of anilines is 12. The Balaban J connectivity index is 0.983. The molecule has 0 aliphatic carbocycles. The number of fused-ring (bicyclic) bond motifs is 4. The number of para-hydroxylation sites is 8. The maximum atomic E-state index is 2.59. The summed E-state index contributed by atoms with van der Waals surface area (Å²) in [6, 6.07) is 121. The predicted molar refractivity (Wildman–Crippen MR) is 474 cm³/mol. The van der Waals surface area contributed by atoms with Gasteiger partial charge in [-0.15, -0.1) is 0 Å². The average Bonchev–Trinajstić information content (AvgIpc) is 0.889. The predicted octanol–water partition coefficient (Wildman–Crippen LogP) is 28.7. The Morgan fingerprint density at radius 2 is 0.384 bits per heavy atom. The highest BCUT2D eigenvalue weighted by atomic mass is 15.2. The minimum atomic E-state index is 1.04. The SMILES string of the molecule is Cc1cc2ccn(-c3ccccc3)c2c(C)c1N(c1ccccc1)c1cc(N(c2ccccc2)c2c(C)cc3ccn(-c4ccccc4)c3c2C)c2ccc3c(N(c4ccccc4)c4c(C)cc5ccn(-c6ccccc6)c5c4C)cc(N(c4ccccc4)c4c(C)cc5ccn(-c6ccccc6)c5c4C)c4ccc1c2c43. The Hall–Kier alpha value is -14.1. The first kappa shape index (κ1) is 67.3. The van der Waals surface area contributed by atoms with Crippen molar-refractivity contribution in [3.63, 3.8) is 0 Å². The highest BCUT2D eigenvalue weighted by Gasteiger charge is 2.34. The smallest absolute Gasteiger partial charge is 0.0578 e. The molecule has 8 nitrogen and oxygen atoms in total. The zero-order valence-electron chi connectivity index (χ0n) is 64.1. The molecule has 0 amide bonds. The number of rotatable bonds is 16. The van der Waals surface area contributed by atoms with E-state index in [1.54, 1.807) is 0 Å². The molecule has 538 valence electrons. The summed E-state index contributed by atoms with van der Waals surface area (Å²) < 4.78 is 9.49.